The zero-order valence-electron chi connectivity index (χ0n) is 18.6. The first-order chi connectivity index (χ1) is 16.6. The predicted molar refractivity (Wildman–Crippen MR) is 133 cm³/mol. The Kier molecular flexibility index (Phi) is 6.31. The second kappa shape index (κ2) is 9.69. The number of thiophene rings is 1. The minimum absolute atomic E-state index is 0.0287. The number of fused-ring (bicyclic) bond motifs is 1. The number of piperidine rings is 1. The number of hydrogen-bond acceptors (Lipinski definition) is 4. The lowest BCUT2D eigenvalue weighted by Gasteiger charge is -2.35. The van der Waals surface area contributed by atoms with Gasteiger partial charge in [-0.05, 0) is 42.0 Å². The van der Waals surface area contributed by atoms with Crippen LogP contribution in [0.1, 0.15) is 34.1 Å². The molecule has 0 spiro atoms. The number of nitrogens with zero attached hydrogens (tertiary/aromatic N) is 2. The molecule has 1 saturated heterocycles. The van der Waals surface area contributed by atoms with Gasteiger partial charge < -0.3 is 15.2 Å². The monoisotopic (exact) mass is 474 g/mol. The lowest BCUT2D eigenvalue weighted by atomic mass is 10.0. The molecule has 8 heteroatoms. The molecule has 3 heterocycles. The maximum atomic E-state index is 13.5. The summed E-state index contributed by atoms with van der Waals surface area (Å²) in [6, 6.07) is 20.4. The SMILES string of the molecule is O=C(N[C@@H](Cc1ccccc1)C(=O)N1CCC(n2c(=O)[nH]c3ccccc32)CC1)c1cccs1. The topological polar surface area (TPSA) is 87.2 Å². The Morgan fingerprint density at radius 2 is 1.74 bits per heavy atom. The van der Waals surface area contributed by atoms with Crippen LogP contribution in [0.4, 0.5) is 0 Å². The molecular formula is C26H26N4O3S. The molecular weight excluding hydrogens is 448 g/mol. The van der Waals surface area contributed by atoms with Crippen molar-refractivity contribution in [1.82, 2.24) is 19.8 Å². The highest BCUT2D eigenvalue weighted by Gasteiger charge is 2.31. The Morgan fingerprint density at radius 1 is 1.00 bits per heavy atom. The molecule has 174 valence electrons. The summed E-state index contributed by atoms with van der Waals surface area (Å²) in [7, 11) is 0. The average molecular weight is 475 g/mol. The van der Waals surface area contributed by atoms with Gasteiger partial charge in [0.25, 0.3) is 5.91 Å². The first-order valence-corrected chi connectivity index (χ1v) is 12.3. The molecule has 1 fully saturated rings. The molecule has 34 heavy (non-hydrogen) atoms. The van der Waals surface area contributed by atoms with E-state index < -0.39 is 6.04 Å². The molecule has 7 nitrogen and oxygen atoms in total. The highest BCUT2D eigenvalue weighted by molar-refractivity contribution is 7.12. The van der Waals surface area contributed by atoms with Gasteiger partial charge in [-0.3, -0.25) is 14.2 Å². The Labute approximate surface area is 201 Å². The summed E-state index contributed by atoms with van der Waals surface area (Å²) in [4.78, 5) is 44.2. The molecule has 0 saturated carbocycles. The molecule has 1 aliphatic heterocycles. The van der Waals surface area contributed by atoms with Gasteiger partial charge in [0.1, 0.15) is 6.04 Å². The van der Waals surface area contributed by atoms with Gasteiger partial charge in [-0.15, -0.1) is 11.3 Å². The molecule has 2 aromatic heterocycles. The third kappa shape index (κ3) is 4.54. The maximum absolute atomic E-state index is 13.5. The van der Waals surface area contributed by atoms with Crippen molar-refractivity contribution in [3.63, 3.8) is 0 Å². The third-order valence-corrected chi connectivity index (χ3v) is 7.26. The molecule has 1 aliphatic rings. The quantitative estimate of drug-likeness (QED) is 0.448. The highest BCUT2D eigenvalue weighted by Crippen LogP contribution is 2.25. The molecule has 0 radical (unpaired) electrons. The first-order valence-electron chi connectivity index (χ1n) is 11.5. The number of para-hydroxylation sites is 2. The standard InChI is InChI=1S/C26H26N4O3S/c31-24(23-11-6-16-34-23)27-21(17-18-7-2-1-3-8-18)25(32)29-14-12-19(13-15-29)30-22-10-5-4-9-20(22)28-26(30)33/h1-11,16,19,21H,12-15,17H2,(H,27,31)(H,28,33)/t21-/m0/s1. The van der Waals surface area contributed by atoms with E-state index in [-0.39, 0.29) is 23.5 Å². The fourth-order valence-corrected chi connectivity index (χ4v) is 5.32. The van der Waals surface area contributed by atoms with Crippen LogP contribution in [-0.2, 0) is 11.2 Å². The number of carbonyl (C=O) groups is 2. The van der Waals surface area contributed by atoms with Crippen LogP contribution in [-0.4, -0.2) is 45.4 Å². The molecule has 2 aromatic carbocycles. The van der Waals surface area contributed by atoms with Crippen LogP contribution in [0.25, 0.3) is 11.0 Å². The lowest BCUT2D eigenvalue weighted by Crippen LogP contribution is -2.52. The van der Waals surface area contributed by atoms with Crippen LogP contribution in [0, 0.1) is 0 Å². The number of aromatic amines is 1. The maximum Gasteiger partial charge on any atom is 0.326 e. The molecule has 0 bridgehead atoms. The van der Waals surface area contributed by atoms with Crippen molar-refractivity contribution in [3.05, 3.63) is 93.0 Å². The van der Waals surface area contributed by atoms with Crippen LogP contribution in [0.3, 0.4) is 0 Å². The van der Waals surface area contributed by atoms with Gasteiger partial charge in [0.05, 0.1) is 15.9 Å². The predicted octanol–water partition coefficient (Wildman–Crippen LogP) is 3.60. The molecule has 5 rings (SSSR count). The Morgan fingerprint density at radius 3 is 2.47 bits per heavy atom. The largest absolute Gasteiger partial charge is 0.341 e. The van der Waals surface area contributed by atoms with E-state index >= 15 is 0 Å². The summed E-state index contributed by atoms with van der Waals surface area (Å²) in [5.41, 5.74) is 2.59. The molecule has 4 aromatic rings. The van der Waals surface area contributed by atoms with E-state index in [2.05, 4.69) is 10.3 Å². The number of carbonyl (C=O) groups excluding carboxylic acids is 2. The van der Waals surface area contributed by atoms with Crippen molar-refractivity contribution >= 4 is 34.2 Å². The number of H-pyrrole nitrogens is 1. The summed E-state index contributed by atoms with van der Waals surface area (Å²) >= 11 is 1.36. The molecule has 0 aliphatic carbocycles. The summed E-state index contributed by atoms with van der Waals surface area (Å²) in [5, 5.41) is 4.80. The van der Waals surface area contributed by atoms with Crippen molar-refractivity contribution in [2.75, 3.05) is 13.1 Å². The molecule has 1 atom stereocenters. The third-order valence-electron chi connectivity index (χ3n) is 6.40. The van der Waals surface area contributed by atoms with Gasteiger partial charge in [-0.2, -0.15) is 0 Å². The smallest absolute Gasteiger partial charge is 0.326 e. The zero-order chi connectivity index (χ0) is 23.5. The van der Waals surface area contributed by atoms with E-state index in [4.69, 9.17) is 0 Å². The van der Waals surface area contributed by atoms with Gasteiger partial charge in [-0.25, -0.2) is 4.79 Å². The van der Waals surface area contributed by atoms with Crippen molar-refractivity contribution in [2.24, 2.45) is 0 Å². The normalized spacial score (nSPS) is 15.4. The second-order valence-electron chi connectivity index (χ2n) is 8.57. The van der Waals surface area contributed by atoms with E-state index in [9.17, 15) is 14.4 Å². The fraction of sp³-hybridized carbons (Fsp3) is 0.269. The van der Waals surface area contributed by atoms with Gasteiger partial charge >= 0.3 is 5.69 Å². The number of amides is 2. The summed E-state index contributed by atoms with van der Waals surface area (Å²) in [6.45, 7) is 1.07. The summed E-state index contributed by atoms with van der Waals surface area (Å²) in [5.74, 6) is -0.317. The first kappa shape index (κ1) is 22.2. The summed E-state index contributed by atoms with van der Waals surface area (Å²) in [6.07, 6.45) is 1.80. The molecule has 2 amide bonds. The summed E-state index contributed by atoms with van der Waals surface area (Å²) < 4.78 is 1.82. The van der Waals surface area contributed by atoms with Crippen LogP contribution in [0.15, 0.2) is 76.9 Å². The van der Waals surface area contributed by atoms with E-state index in [1.165, 1.54) is 11.3 Å². The zero-order valence-corrected chi connectivity index (χ0v) is 19.5. The van der Waals surface area contributed by atoms with Crippen LogP contribution >= 0.6 is 11.3 Å². The van der Waals surface area contributed by atoms with Gasteiger partial charge in [0.15, 0.2) is 0 Å². The Balaban J connectivity index is 1.31. The van der Waals surface area contributed by atoms with E-state index in [0.717, 1.165) is 16.6 Å². The van der Waals surface area contributed by atoms with Crippen LogP contribution < -0.4 is 11.0 Å². The Bertz CT molecular complexity index is 1340. The van der Waals surface area contributed by atoms with E-state index in [1.54, 1.807) is 6.07 Å². The van der Waals surface area contributed by atoms with E-state index in [0.29, 0.717) is 37.2 Å². The minimum Gasteiger partial charge on any atom is -0.341 e. The number of imidazole rings is 1. The second-order valence-corrected chi connectivity index (χ2v) is 9.51. The van der Waals surface area contributed by atoms with Gasteiger partial charge in [-0.1, -0.05) is 48.5 Å². The minimum atomic E-state index is -0.649. The van der Waals surface area contributed by atoms with Crippen molar-refractivity contribution in [2.45, 2.75) is 31.3 Å². The lowest BCUT2D eigenvalue weighted by molar-refractivity contribution is -0.134. The average Bonchev–Trinajstić information content (AvgIpc) is 3.52. The van der Waals surface area contributed by atoms with Crippen molar-refractivity contribution in [3.8, 4) is 0 Å². The number of hydrogen-bond donors (Lipinski definition) is 2. The van der Waals surface area contributed by atoms with E-state index in [1.807, 2.05) is 75.5 Å². The fourth-order valence-electron chi connectivity index (χ4n) is 4.69. The van der Waals surface area contributed by atoms with Crippen LogP contribution in [0.5, 0.6) is 0 Å². The van der Waals surface area contributed by atoms with Crippen LogP contribution in [0.2, 0.25) is 0 Å². The number of nitrogens with one attached hydrogen (secondary N) is 2. The van der Waals surface area contributed by atoms with Gasteiger partial charge in [0.2, 0.25) is 5.91 Å². The number of aromatic nitrogens is 2. The number of rotatable bonds is 6. The molecule has 0 unspecified atom stereocenters. The number of benzene rings is 2. The van der Waals surface area contributed by atoms with Gasteiger partial charge in [0, 0.05) is 25.6 Å². The Hall–Kier alpha value is -3.65. The van der Waals surface area contributed by atoms with Crippen molar-refractivity contribution in [1.29, 1.82) is 0 Å². The van der Waals surface area contributed by atoms with Crippen molar-refractivity contribution < 1.29 is 9.59 Å². The molecule has 2 N–H and O–H groups in total. The number of likely N-dealkylation sites (tertiary alicyclic amines) is 1. The highest BCUT2D eigenvalue weighted by atomic mass is 32.1.